The SMILES string of the molecule is O=C(c1ccc2ccccc2n1)C1CC2CCCC(C1)N2C(=O)OCc1ccccc1. The average Bonchev–Trinajstić information content (AvgIpc) is 2.81. The summed E-state index contributed by atoms with van der Waals surface area (Å²) in [5.74, 6) is 0.00194. The molecule has 2 aliphatic heterocycles. The molecule has 1 aromatic heterocycles. The molecule has 158 valence electrons. The van der Waals surface area contributed by atoms with Gasteiger partial charge in [0, 0.05) is 23.4 Å². The number of pyridine rings is 1. The first-order valence-electron chi connectivity index (χ1n) is 11.1. The van der Waals surface area contributed by atoms with Crippen LogP contribution in [0.25, 0.3) is 10.9 Å². The molecule has 5 nitrogen and oxygen atoms in total. The minimum absolute atomic E-state index is 0.0604. The number of para-hydroxylation sites is 1. The summed E-state index contributed by atoms with van der Waals surface area (Å²) in [4.78, 5) is 32.7. The quantitative estimate of drug-likeness (QED) is 0.537. The summed E-state index contributed by atoms with van der Waals surface area (Å²) in [6, 6.07) is 21.5. The molecule has 5 heteroatoms. The summed E-state index contributed by atoms with van der Waals surface area (Å²) in [7, 11) is 0. The number of Topliss-reactive ketones (excluding diaryl/α,β-unsaturated/α-hetero) is 1. The van der Waals surface area contributed by atoms with E-state index in [1.807, 2.05) is 71.6 Å². The van der Waals surface area contributed by atoms with Gasteiger partial charge in [0.15, 0.2) is 5.78 Å². The van der Waals surface area contributed by atoms with Gasteiger partial charge in [-0.3, -0.25) is 4.79 Å². The maximum atomic E-state index is 13.3. The smallest absolute Gasteiger partial charge is 0.410 e. The lowest BCUT2D eigenvalue weighted by Gasteiger charge is -2.47. The molecule has 3 aromatic rings. The number of ether oxygens (including phenoxy) is 1. The van der Waals surface area contributed by atoms with Crippen LogP contribution in [-0.2, 0) is 11.3 Å². The van der Waals surface area contributed by atoms with E-state index in [1.54, 1.807) is 0 Å². The van der Waals surface area contributed by atoms with Crippen LogP contribution in [0.1, 0.15) is 48.2 Å². The van der Waals surface area contributed by atoms with E-state index in [9.17, 15) is 9.59 Å². The molecule has 0 spiro atoms. The van der Waals surface area contributed by atoms with Crippen molar-refractivity contribution in [2.45, 2.75) is 50.8 Å². The van der Waals surface area contributed by atoms with Crippen molar-refractivity contribution in [1.29, 1.82) is 0 Å². The van der Waals surface area contributed by atoms with Crippen LogP contribution in [0.3, 0.4) is 0 Å². The van der Waals surface area contributed by atoms with Gasteiger partial charge in [-0.25, -0.2) is 9.78 Å². The van der Waals surface area contributed by atoms with E-state index in [1.165, 1.54) is 0 Å². The van der Waals surface area contributed by atoms with E-state index in [2.05, 4.69) is 4.98 Å². The molecule has 31 heavy (non-hydrogen) atoms. The molecule has 1 amide bonds. The normalized spacial score (nSPS) is 22.8. The lowest BCUT2D eigenvalue weighted by molar-refractivity contribution is 0.00464. The Morgan fingerprint density at radius 2 is 1.61 bits per heavy atom. The molecule has 0 radical (unpaired) electrons. The number of fused-ring (bicyclic) bond motifs is 3. The summed E-state index contributed by atoms with van der Waals surface area (Å²) >= 11 is 0. The highest BCUT2D eigenvalue weighted by molar-refractivity contribution is 5.98. The van der Waals surface area contributed by atoms with Gasteiger partial charge < -0.3 is 9.64 Å². The highest BCUT2D eigenvalue weighted by atomic mass is 16.6. The number of rotatable bonds is 4. The molecule has 2 unspecified atom stereocenters. The van der Waals surface area contributed by atoms with Crippen LogP contribution in [0.2, 0.25) is 0 Å². The Hall–Kier alpha value is -3.21. The second-order valence-electron chi connectivity index (χ2n) is 8.61. The van der Waals surface area contributed by atoms with Crippen LogP contribution in [0.15, 0.2) is 66.7 Å². The molecule has 2 bridgehead atoms. The Kier molecular flexibility index (Phi) is 5.41. The summed E-state index contributed by atoms with van der Waals surface area (Å²) < 4.78 is 5.62. The highest BCUT2D eigenvalue weighted by Gasteiger charge is 2.44. The van der Waals surface area contributed by atoms with Crippen molar-refractivity contribution in [2.24, 2.45) is 5.92 Å². The molecule has 5 rings (SSSR count). The molecule has 2 aromatic carbocycles. The standard InChI is InChI=1S/C26H26N2O3/c29-25(24-14-13-19-9-4-5-12-23(19)27-24)20-15-21-10-6-11-22(16-20)28(21)26(30)31-17-18-7-2-1-3-8-18/h1-5,7-9,12-14,20-22H,6,10-11,15-17H2. The number of nitrogens with zero attached hydrogens (tertiary/aromatic N) is 2. The number of hydrogen-bond donors (Lipinski definition) is 0. The van der Waals surface area contributed by atoms with Crippen molar-refractivity contribution in [1.82, 2.24) is 9.88 Å². The molecular weight excluding hydrogens is 388 g/mol. The number of ketones is 1. The number of carbonyl (C=O) groups is 2. The maximum Gasteiger partial charge on any atom is 0.410 e. The third kappa shape index (κ3) is 4.05. The molecule has 2 fully saturated rings. The monoisotopic (exact) mass is 414 g/mol. The van der Waals surface area contributed by atoms with Gasteiger partial charge in [0.2, 0.25) is 0 Å². The first-order chi connectivity index (χ1) is 15.2. The topological polar surface area (TPSA) is 59.5 Å². The van der Waals surface area contributed by atoms with Gasteiger partial charge in [-0.15, -0.1) is 0 Å². The number of carbonyl (C=O) groups excluding carboxylic acids is 2. The van der Waals surface area contributed by atoms with Gasteiger partial charge in [-0.1, -0.05) is 54.6 Å². The van der Waals surface area contributed by atoms with E-state index in [0.717, 1.165) is 35.7 Å². The van der Waals surface area contributed by atoms with E-state index < -0.39 is 0 Å². The second kappa shape index (κ2) is 8.50. The first kappa shape index (κ1) is 19.7. The van der Waals surface area contributed by atoms with Gasteiger partial charge in [0.05, 0.1) is 5.52 Å². The highest BCUT2D eigenvalue weighted by Crippen LogP contribution is 2.38. The Morgan fingerprint density at radius 1 is 0.903 bits per heavy atom. The number of benzene rings is 2. The van der Waals surface area contributed by atoms with E-state index in [-0.39, 0.29) is 36.5 Å². The molecule has 3 heterocycles. The Morgan fingerprint density at radius 3 is 2.39 bits per heavy atom. The second-order valence-corrected chi connectivity index (χ2v) is 8.61. The Balaban J connectivity index is 1.29. The predicted molar refractivity (Wildman–Crippen MR) is 119 cm³/mol. The van der Waals surface area contributed by atoms with Gasteiger partial charge in [-0.2, -0.15) is 0 Å². The van der Waals surface area contributed by atoms with E-state index in [0.29, 0.717) is 18.5 Å². The van der Waals surface area contributed by atoms with Crippen molar-refractivity contribution in [3.63, 3.8) is 0 Å². The van der Waals surface area contributed by atoms with E-state index >= 15 is 0 Å². The molecule has 2 aliphatic rings. The van der Waals surface area contributed by atoms with Crippen molar-refractivity contribution in [2.75, 3.05) is 0 Å². The molecule has 2 atom stereocenters. The maximum absolute atomic E-state index is 13.3. The fraction of sp³-hybridized carbons (Fsp3) is 0.346. The van der Waals surface area contributed by atoms with Gasteiger partial charge in [-0.05, 0) is 49.8 Å². The van der Waals surface area contributed by atoms with Gasteiger partial charge >= 0.3 is 6.09 Å². The summed E-state index contributed by atoms with van der Waals surface area (Å²) in [6.07, 6.45) is 4.05. The number of amides is 1. The first-order valence-corrected chi connectivity index (χ1v) is 11.1. The zero-order chi connectivity index (χ0) is 21.2. The van der Waals surface area contributed by atoms with Crippen molar-refractivity contribution in [3.8, 4) is 0 Å². The number of piperidine rings is 2. The van der Waals surface area contributed by atoms with Crippen molar-refractivity contribution >= 4 is 22.8 Å². The predicted octanol–water partition coefficient (Wildman–Crippen LogP) is 5.39. The average molecular weight is 415 g/mol. The van der Waals surface area contributed by atoms with Crippen LogP contribution in [0.4, 0.5) is 4.79 Å². The van der Waals surface area contributed by atoms with Gasteiger partial charge in [0.1, 0.15) is 12.3 Å². The minimum atomic E-state index is -0.256. The molecule has 2 saturated heterocycles. The molecule has 0 aliphatic carbocycles. The summed E-state index contributed by atoms with van der Waals surface area (Å²) in [5.41, 5.74) is 2.35. The van der Waals surface area contributed by atoms with Crippen LogP contribution < -0.4 is 0 Å². The van der Waals surface area contributed by atoms with Crippen LogP contribution >= 0.6 is 0 Å². The fourth-order valence-electron chi connectivity index (χ4n) is 5.10. The third-order valence-electron chi connectivity index (χ3n) is 6.61. The lowest BCUT2D eigenvalue weighted by atomic mass is 9.76. The zero-order valence-electron chi connectivity index (χ0n) is 17.4. The Labute approximate surface area is 182 Å². The van der Waals surface area contributed by atoms with Crippen molar-refractivity contribution < 1.29 is 14.3 Å². The number of aromatic nitrogens is 1. The fourth-order valence-corrected chi connectivity index (χ4v) is 5.10. The van der Waals surface area contributed by atoms with Gasteiger partial charge in [0.25, 0.3) is 0 Å². The molecule has 0 N–H and O–H groups in total. The van der Waals surface area contributed by atoms with Crippen LogP contribution in [0, 0.1) is 5.92 Å². The van der Waals surface area contributed by atoms with E-state index in [4.69, 9.17) is 4.74 Å². The van der Waals surface area contributed by atoms with Crippen LogP contribution in [0.5, 0.6) is 0 Å². The summed E-state index contributed by atoms with van der Waals surface area (Å²) in [6.45, 7) is 0.277. The largest absolute Gasteiger partial charge is 0.445 e. The minimum Gasteiger partial charge on any atom is -0.445 e. The summed E-state index contributed by atoms with van der Waals surface area (Å²) in [5, 5.41) is 1.03. The van der Waals surface area contributed by atoms with Crippen molar-refractivity contribution in [3.05, 3.63) is 78.0 Å². The molecule has 0 saturated carbocycles. The lowest BCUT2D eigenvalue weighted by Crippen LogP contribution is -2.55. The third-order valence-corrected chi connectivity index (χ3v) is 6.61. The molecular formula is C26H26N2O3. The zero-order valence-corrected chi connectivity index (χ0v) is 17.4. The number of hydrogen-bond acceptors (Lipinski definition) is 4. The Bertz CT molecular complexity index is 1080. The van der Waals surface area contributed by atoms with Crippen LogP contribution in [-0.4, -0.2) is 33.8 Å².